The van der Waals surface area contributed by atoms with Crippen LogP contribution in [0.4, 0.5) is 4.39 Å². The second-order valence-electron chi connectivity index (χ2n) is 5.50. The van der Waals surface area contributed by atoms with Crippen LogP contribution in [0.3, 0.4) is 0 Å². The molecule has 0 saturated carbocycles. The van der Waals surface area contributed by atoms with Gasteiger partial charge in [0, 0.05) is 28.0 Å². The molecular weight excluding hydrogens is 295 g/mol. The SMILES string of the molecule is COCc1cc2c(s1)-c1ccccc1Cc1cccc(F)c1-2. The minimum Gasteiger partial charge on any atom is -0.379 e. The smallest absolute Gasteiger partial charge is 0.131 e. The van der Waals surface area contributed by atoms with Crippen LogP contribution in [0.15, 0.2) is 48.5 Å². The highest BCUT2D eigenvalue weighted by atomic mass is 32.1. The van der Waals surface area contributed by atoms with Crippen molar-refractivity contribution in [2.24, 2.45) is 0 Å². The molecule has 4 rings (SSSR count). The molecule has 3 heteroatoms. The Hall–Kier alpha value is -1.97. The van der Waals surface area contributed by atoms with Crippen LogP contribution in [0.5, 0.6) is 0 Å². The molecule has 110 valence electrons. The number of halogens is 1. The minimum absolute atomic E-state index is 0.145. The van der Waals surface area contributed by atoms with Crippen molar-refractivity contribution in [3.05, 3.63) is 70.4 Å². The maximum atomic E-state index is 14.5. The molecule has 0 unspecified atom stereocenters. The summed E-state index contributed by atoms with van der Waals surface area (Å²) in [7, 11) is 1.69. The number of thiophene rings is 1. The van der Waals surface area contributed by atoms with Crippen molar-refractivity contribution >= 4 is 11.3 Å². The van der Waals surface area contributed by atoms with E-state index in [4.69, 9.17) is 4.74 Å². The fourth-order valence-corrected chi connectivity index (χ4v) is 4.36. The number of hydrogen-bond donors (Lipinski definition) is 0. The van der Waals surface area contributed by atoms with E-state index in [0.717, 1.165) is 32.9 Å². The molecule has 1 aliphatic rings. The molecule has 22 heavy (non-hydrogen) atoms. The van der Waals surface area contributed by atoms with Crippen LogP contribution in [-0.2, 0) is 17.8 Å². The number of hydrogen-bond acceptors (Lipinski definition) is 2. The fraction of sp³-hybridized carbons (Fsp3) is 0.158. The van der Waals surface area contributed by atoms with Gasteiger partial charge in [-0.05, 0) is 35.2 Å². The predicted octanol–water partition coefficient (Wildman–Crippen LogP) is 5.27. The van der Waals surface area contributed by atoms with Crippen molar-refractivity contribution in [3.63, 3.8) is 0 Å². The van der Waals surface area contributed by atoms with Crippen LogP contribution >= 0.6 is 11.3 Å². The maximum absolute atomic E-state index is 14.5. The summed E-state index contributed by atoms with van der Waals surface area (Å²) in [4.78, 5) is 2.27. The molecule has 0 fully saturated rings. The predicted molar refractivity (Wildman–Crippen MR) is 88.7 cm³/mol. The molecule has 2 aromatic carbocycles. The molecule has 3 aromatic rings. The maximum Gasteiger partial charge on any atom is 0.131 e. The Labute approximate surface area is 133 Å². The van der Waals surface area contributed by atoms with Crippen LogP contribution in [0.2, 0.25) is 0 Å². The van der Waals surface area contributed by atoms with Gasteiger partial charge in [0.15, 0.2) is 0 Å². The normalized spacial score (nSPS) is 12.3. The minimum atomic E-state index is -0.145. The van der Waals surface area contributed by atoms with Gasteiger partial charge in [-0.25, -0.2) is 4.39 Å². The number of methoxy groups -OCH3 is 1. The summed E-state index contributed by atoms with van der Waals surface area (Å²) in [5, 5.41) is 0. The summed E-state index contributed by atoms with van der Waals surface area (Å²) < 4.78 is 19.8. The van der Waals surface area contributed by atoms with Crippen molar-refractivity contribution < 1.29 is 9.13 Å². The lowest BCUT2D eigenvalue weighted by atomic mass is 9.98. The van der Waals surface area contributed by atoms with E-state index in [-0.39, 0.29) is 5.82 Å². The molecule has 0 radical (unpaired) electrons. The monoisotopic (exact) mass is 310 g/mol. The zero-order valence-corrected chi connectivity index (χ0v) is 13.0. The standard InChI is InChI=1S/C19H15FOS/c1-21-11-14-10-16-18-13(6-4-8-17(18)20)9-12-5-2-3-7-15(12)19(16)22-14/h2-8,10H,9,11H2,1H3. The Kier molecular flexibility index (Phi) is 3.32. The highest BCUT2D eigenvalue weighted by Crippen LogP contribution is 2.46. The fourth-order valence-electron chi connectivity index (χ4n) is 3.16. The molecule has 0 atom stereocenters. The zero-order valence-electron chi connectivity index (χ0n) is 12.2. The first kappa shape index (κ1) is 13.7. The molecule has 0 bridgehead atoms. The summed E-state index contributed by atoms with van der Waals surface area (Å²) in [6.45, 7) is 0.559. The molecule has 0 saturated heterocycles. The molecule has 1 nitrogen and oxygen atoms in total. The van der Waals surface area contributed by atoms with Crippen LogP contribution in [0.25, 0.3) is 21.6 Å². The van der Waals surface area contributed by atoms with E-state index in [0.29, 0.717) is 6.61 Å². The summed E-state index contributed by atoms with van der Waals surface area (Å²) in [6, 6.07) is 15.8. The number of benzene rings is 2. The van der Waals surface area contributed by atoms with Gasteiger partial charge >= 0.3 is 0 Å². The third-order valence-electron chi connectivity index (χ3n) is 4.08. The van der Waals surface area contributed by atoms with Crippen LogP contribution in [0.1, 0.15) is 16.0 Å². The number of rotatable bonds is 2. The molecule has 0 aliphatic heterocycles. The molecule has 1 aromatic heterocycles. The Morgan fingerprint density at radius 2 is 1.86 bits per heavy atom. The van der Waals surface area contributed by atoms with Gasteiger partial charge in [0.1, 0.15) is 5.82 Å². The van der Waals surface area contributed by atoms with E-state index in [2.05, 4.69) is 18.2 Å². The number of fused-ring (bicyclic) bond motifs is 5. The molecule has 0 N–H and O–H groups in total. The van der Waals surface area contributed by atoms with Crippen molar-refractivity contribution in [2.45, 2.75) is 13.0 Å². The first-order chi connectivity index (χ1) is 10.8. The average molecular weight is 310 g/mol. The Balaban J connectivity index is 2.05. The first-order valence-corrected chi connectivity index (χ1v) is 8.07. The van der Waals surface area contributed by atoms with E-state index in [9.17, 15) is 4.39 Å². The summed E-state index contributed by atoms with van der Waals surface area (Å²) in [5.74, 6) is -0.145. The van der Waals surface area contributed by atoms with E-state index >= 15 is 0 Å². The van der Waals surface area contributed by atoms with Gasteiger partial charge in [0.05, 0.1) is 6.61 Å². The van der Waals surface area contributed by atoms with Crippen molar-refractivity contribution in [1.82, 2.24) is 0 Å². The molecule has 1 heterocycles. The third-order valence-corrected chi connectivity index (χ3v) is 5.22. The van der Waals surface area contributed by atoms with Gasteiger partial charge < -0.3 is 4.74 Å². The van der Waals surface area contributed by atoms with Crippen molar-refractivity contribution in [1.29, 1.82) is 0 Å². The summed E-state index contributed by atoms with van der Waals surface area (Å²) in [5.41, 5.74) is 5.25. The van der Waals surface area contributed by atoms with Gasteiger partial charge in [-0.2, -0.15) is 0 Å². The van der Waals surface area contributed by atoms with Crippen molar-refractivity contribution in [2.75, 3.05) is 7.11 Å². The van der Waals surface area contributed by atoms with E-state index in [1.807, 2.05) is 18.2 Å². The highest BCUT2D eigenvalue weighted by Gasteiger charge is 2.23. The quantitative estimate of drug-likeness (QED) is 0.490. The van der Waals surface area contributed by atoms with Crippen molar-refractivity contribution in [3.8, 4) is 21.6 Å². The Morgan fingerprint density at radius 1 is 1.05 bits per heavy atom. The van der Waals surface area contributed by atoms with E-state index < -0.39 is 0 Å². The topological polar surface area (TPSA) is 9.23 Å². The molecule has 0 spiro atoms. The van der Waals surface area contributed by atoms with Crippen LogP contribution in [-0.4, -0.2) is 7.11 Å². The molecule has 0 amide bonds. The van der Waals surface area contributed by atoms with Gasteiger partial charge in [-0.1, -0.05) is 36.4 Å². The lowest BCUT2D eigenvalue weighted by Crippen LogP contribution is -1.93. The zero-order chi connectivity index (χ0) is 15.1. The summed E-state index contributed by atoms with van der Waals surface area (Å²) >= 11 is 1.70. The second-order valence-corrected chi connectivity index (χ2v) is 6.63. The number of ether oxygens (including phenoxy) is 1. The Morgan fingerprint density at radius 3 is 2.73 bits per heavy atom. The highest BCUT2D eigenvalue weighted by molar-refractivity contribution is 7.16. The lowest BCUT2D eigenvalue weighted by Gasteiger charge is -2.07. The largest absolute Gasteiger partial charge is 0.379 e. The van der Waals surface area contributed by atoms with Gasteiger partial charge in [-0.15, -0.1) is 11.3 Å². The third kappa shape index (κ3) is 2.09. The van der Waals surface area contributed by atoms with Gasteiger partial charge in [0.25, 0.3) is 0 Å². The van der Waals surface area contributed by atoms with Gasteiger partial charge in [-0.3, -0.25) is 0 Å². The van der Waals surface area contributed by atoms with Crippen LogP contribution < -0.4 is 0 Å². The molecule has 1 aliphatic carbocycles. The van der Waals surface area contributed by atoms with Gasteiger partial charge in [0.2, 0.25) is 0 Å². The summed E-state index contributed by atoms with van der Waals surface area (Å²) in [6.07, 6.45) is 0.768. The van der Waals surface area contributed by atoms with E-state index in [1.165, 1.54) is 11.1 Å². The second kappa shape index (κ2) is 5.34. The van der Waals surface area contributed by atoms with Crippen LogP contribution in [0, 0.1) is 5.82 Å². The van der Waals surface area contributed by atoms with E-state index in [1.54, 1.807) is 30.6 Å². The average Bonchev–Trinajstić information content (AvgIpc) is 2.86. The first-order valence-electron chi connectivity index (χ1n) is 7.25. The molecular formula is C19H15FOS. The Bertz CT molecular complexity index is 850. The lowest BCUT2D eigenvalue weighted by molar-refractivity contribution is 0.187.